The average molecular weight is 420 g/mol. The van der Waals surface area contributed by atoms with Crippen LogP contribution in [0.3, 0.4) is 0 Å². The number of carbonyl (C=O) groups excluding carboxylic acids is 2. The Morgan fingerprint density at radius 3 is 2.30 bits per heavy atom. The summed E-state index contributed by atoms with van der Waals surface area (Å²) in [6.45, 7) is 0. The summed E-state index contributed by atoms with van der Waals surface area (Å²) in [5.41, 5.74) is 1.70. The highest BCUT2D eigenvalue weighted by atomic mass is 35.5. The molecule has 2 N–H and O–H groups in total. The minimum Gasteiger partial charge on any atom is -0.350 e. The lowest BCUT2D eigenvalue weighted by atomic mass is 10.1. The SMILES string of the molecule is O=C(Nc1c(C(=O)c2ccccc2)[nH]c2cc(Cl)ccc12)c1ccc([N+](=O)[O-])cc1. The summed E-state index contributed by atoms with van der Waals surface area (Å²) < 4.78 is 0. The lowest BCUT2D eigenvalue weighted by molar-refractivity contribution is -0.384. The van der Waals surface area contributed by atoms with Gasteiger partial charge in [-0.2, -0.15) is 0 Å². The van der Waals surface area contributed by atoms with Gasteiger partial charge in [0.2, 0.25) is 5.78 Å². The number of H-pyrrole nitrogens is 1. The molecule has 0 aliphatic heterocycles. The molecule has 0 aliphatic carbocycles. The Balaban J connectivity index is 1.76. The molecule has 0 bridgehead atoms. The molecule has 0 saturated carbocycles. The molecule has 8 heteroatoms. The van der Waals surface area contributed by atoms with Gasteiger partial charge in [0.15, 0.2) is 0 Å². The van der Waals surface area contributed by atoms with Crippen molar-refractivity contribution in [1.29, 1.82) is 0 Å². The monoisotopic (exact) mass is 419 g/mol. The second-order valence-electron chi connectivity index (χ2n) is 6.52. The Kier molecular flexibility index (Phi) is 5.04. The number of non-ortho nitro benzene ring substituents is 1. The number of carbonyl (C=O) groups is 2. The maximum absolute atomic E-state index is 13.1. The van der Waals surface area contributed by atoms with Crippen molar-refractivity contribution in [3.8, 4) is 0 Å². The molecule has 148 valence electrons. The van der Waals surface area contributed by atoms with Crippen molar-refractivity contribution in [2.75, 3.05) is 5.32 Å². The van der Waals surface area contributed by atoms with E-state index in [9.17, 15) is 19.7 Å². The first kappa shape index (κ1) is 19.4. The molecule has 1 aromatic heterocycles. The number of nitro benzene ring substituents is 1. The van der Waals surface area contributed by atoms with Crippen LogP contribution in [0.25, 0.3) is 10.9 Å². The van der Waals surface area contributed by atoms with E-state index in [1.807, 2.05) is 0 Å². The molecule has 0 spiro atoms. The van der Waals surface area contributed by atoms with E-state index in [1.54, 1.807) is 48.5 Å². The van der Waals surface area contributed by atoms with Gasteiger partial charge in [0.25, 0.3) is 11.6 Å². The largest absolute Gasteiger partial charge is 0.350 e. The van der Waals surface area contributed by atoms with E-state index in [0.29, 0.717) is 27.2 Å². The van der Waals surface area contributed by atoms with Crippen molar-refractivity contribution >= 4 is 45.6 Å². The van der Waals surface area contributed by atoms with E-state index in [1.165, 1.54) is 24.3 Å². The Hall–Kier alpha value is -3.97. The number of anilines is 1. The first-order valence-corrected chi connectivity index (χ1v) is 9.28. The first-order chi connectivity index (χ1) is 14.4. The lowest BCUT2D eigenvalue weighted by Gasteiger charge is -2.07. The van der Waals surface area contributed by atoms with Crippen molar-refractivity contribution in [3.63, 3.8) is 0 Å². The predicted octanol–water partition coefficient (Wildman–Crippen LogP) is 5.21. The summed E-state index contributed by atoms with van der Waals surface area (Å²) >= 11 is 6.07. The molecular weight excluding hydrogens is 406 g/mol. The summed E-state index contributed by atoms with van der Waals surface area (Å²) in [6, 6.07) is 18.9. The van der Waals surface area contributed by atoms with Crippen LogP contribution in [0.15, 0.2) is 72.8 Å². The quantitative estimate of drug-likeness (QED) is 0.263. The van der Waals surface area contributed by atoms with E-state index in [-0.39, 0.29) is 22.7 Å². The van der Waals surface area contributed by atoms with Crippen molar-refractivity contribution in [2.45, 2.75) is 0 Å². The summed E-state index contributed by atoms with van der Waals surface area (Å²) in [5, 5.41) is 14.7. The molecule has 7 nitrogen and oxygen atoms in total. The van der Waals surface area contributed by atoms with Crippen LogP contribution in [-0.4, -0.2) is 21.6 Å². The van der Waals surface area contributed by atoms with Gasteiger partial charge in [-0.25, -0.2) is 0 Å². The highest BCUT2D eigenvalue weighted by Crippen LogP contribution is 2.32. The van der Waals surface area contributed by atoms with E-state index in [0.717, 1.165) is 0 Å². The van der Waals surface area contributed by atoms with Gasteiger partial charge in [-0.15, -0.1) is 0 Å². The molecule has 0 atom stereocenters. The van der Waals surface area contributed by atoms with Gasteiger partial charge in [-0.3, -0.25) is 19.7 Å². The lowest BCUT2D eigenvalue weighted by Crippen LogP contribution is -2.14. The third-order valence-electron chi connectivity index (χ3n) is 4.60. The second kappa shape index (κ2) is 7.81. The summed E-state index contributed by atoms with van der Waals surface area (Å²) in [5.74, 6) is -0.787. The standard InChI is InChI=1S/C22H14ClN3O4/c23-15-8-11-17-18(12-15)24-20(21(27)13-4-2-1-3-5-13)19(17)25-22(28)14-6-9-16(10-7-14)26(29)30/h1-12,24H,(H,25,28). The number of aromatic amines is 1. The van der Waals surface area contributed by atoms with Crippen LogP contribution < -0.4 is 5.32 Å². The Bertz CT molecular complexity index is 1280. The van der Waals surface area contributed by atoms with Crippen LogP contribution in [0, 0.1) is 10.1 Å². The summed E-state index contributed by atoms with van der Waals surface area (Å²) in [7, 11) is 0. The molecule has 4 aromatic rings. The summed E-state index contributed by atoms with van der Waals surface area (Å²) in [4.78, 5) is 39.2. The molecule has 0 aliphatic rings. The molecular formula is C22H14ClN3O4. The van der Waals surface area contributed by atoms with Gasteiger partial charge < -0.3 is 10.3 Å². The number of nitrogens with one attached hydrogen (secondary N) is 2. The maximum Gasteiger partial charge on any atom is 0.269 e. The molecule has 0 fully saturated rings. The number of rotatable bonds is 5. The minimum absolute atomic E-state index is 0.117. The molecule has 3 aromatic carbocycles. The Morgan fingerprint density at radius 2 is 1.63 bits per heavy atom. The van der Waals surface area contributed by atoms with Crippen molar-refractivity contribution in [1.82, 2.24) is 4.98 Å². The number of fused-ring (bicyclic) bond motifs is 1. The molecule has 4 rings (SSSR count). The number of halogens is 1. The smallest absolute Gasteiger partial charge is 0.269 e. The molecule has 1 amide bonds. The fourth-order valence-electron chi connectivity index (χ4n) is 3.12. The minimum atomic E-state index is -0.540. The van der Waals surface area contributed by atoms with Crippen molar-refractivity contribution in [3.05, 3.63) is 105 Å². The van der Waals surface area contributed by atoms with E-state index >= 15 is 0 Å². The molecule has 0 unspecified atom stereocenters. The fourth-order valence-corrected chi connectivity index (χ4v) is 3.30. The van der Waals surface area contributed by atoms with Crippen molar-refractivity contribution in [2.24, 2.45) is 0 Å². The van der Waals surface area contributed by atoms with Crippen LogP contribution >= 0.6 is 11.6 Å². The van der Waals surface area contributed by atoms with Crippen LogP contribution in [0.2, 0.25) is 5.02 Å². The highest BCUT2D eigenvalue weighted by molar-refractivity contribution is 6.31. The normalized spacial score (nSPS) is 10.7. The second-order valence-corrected chi connectivity index (χ2v) is 6.95. The zero-order chi connectivity index (χ0) is 21.3. The van der Waals surface area contributed by atoms with Crippen LogP contribution in [0.5, 0.6) is 0 Å². The molecule has 0 saturated heterocycles. The maximum atomic E-state index is 13.1. The van der Waals surface area contributed by atoms with E-state index in [2.05, 4.69) is 10.3 Å². The van der Waals surface area contributed by atoms with E-state index in [4.69, 9.17) is 11.6 Å². The number of hydrogen-bond donors (Lipinski definition) is 2. The summed E-state index contributed by atoms with van der Waals surface area (Å²) in [6.07, 6.45) is 0. The van der Waals surface area contributed by atoms with Gasteiger partial charge >= 0.3 is 0 Å². The number of nitrogens with zero attached hydrogens (tertiary/aromatic N) is 1. The number of hydrogen-bond acceptors (Lipinski definition) is 4. The number of ketones is 1. The van der Waals surface area contributed by atoms with Crippen LogP contribution in [0.1, 0.15) is 26.4 Å². The first-order valence-electron chi connectivity index (χ1n) is 8.91. The van der Waals surface area contributed by atoms with Crippen molar-refractivity contribution < 1.29 is 14.5 Å². The highest BCUT2D eigenvalue weighted by Gasteiger charge is 2.21. The molecule has 0 radical (unpaired) electrons. The van der Waals surface area contributed by atoms with Crippen LogP contribution in [0.4, 0.5) is 11.4 Å². The number of aromatic nitrogens is 1. The zero-order valence-electron chi connectivity index (χ0n) is 15.4. The van der Waals surface area contributed by atoms with Gasteiger partial charge in [0, 0.05) is 39.2 Å². The van der Waals surface area contributed by atoms with Gasteiger partial charge in [0.1, 0.15) is 5.69 Å². The topological polar surface area (TPSA) is 105 Å². The number of amides is 1. The Morgan fingerprint density at radius 1 is 0.933 bits per heavy atom. The van der Waals surface area contributed by atoms with Crippen LogP contribution in [-0.2, 0) is 0 Å². The number of nitro groups is 1. The zero-order valence-corrected chi connectivity index (χ0v) is 16.1. The third kappa shape index (κ3) is 3.66. The van der Waals surface area contributed by atoms with Gasteiger partial charge in [0.05, 0.1) is 10.6 Å². The number of benzene rings is 3. The predicted molar refractivity (Wildman–Crippen MR) is 114 cm³/mol. The van der Waals surface area contributed by atoms with E-state index < -0.39 is 10.8 Å². The average Bonchev–Trinajstić information content (AvgIpc) is 3.11. The Labute approximate surface area is 175 Å². The third-order valence-corrected chi connectivity index (χ3v) is 4.84. The van der Waals surface area contributed by atoms with Gasteiger partial charge in [-0.05, 0) is 30.3 Å². The molecule has 30 heavy (non-hydrogen) atoms. The fraction of sp³-hybridized carbons (Fsp3) is 0. The van der Waals surface area contributed by atoms with Gasteiger partial charge in [-0.1, -0.05) is 41.9 Å². The molecule has 1 heterocycles.